The Morgan fingerprint density at radius 1 is 1.12 bits per heavy atom. The van der Waals surface area contributed by atoms with Gasteiger partial charge in [0.1, 0.15) is 11.5 Å². The molecular weight excluding hydrogens is 202 g/mol. The van der Waals surface area contributed by atoms with Crippen molar-refractivity contribution < 1.29 is 9.47 Å². The maximum Gasteiger partial charge on any atom is 0.123 e. The highest BCUT2D eigenvalue weighted by molar-refractivity contribution is 5.42. The summed E-state index contributed by atoms with van der Waals surface area (Å²) in [4.78, 5) is 0. The van der Waals surface area contributed by atoms with E-state index in [0.717, 1.165) is 17.1 Å². The van der Waals surface area contributed by atoms with Crippen LogP contribution in [0.2, 0.25) is 0 Å². The Hall–Kier alpha value is -1.22. The molecular formula is C13H21NO2. The first-order chi connectivity index (χ1) is 7.63. The summed E-state index contributed by atoms with van der Waals surface area (Å²) in [5.41, 5.74) is 1.14. The Bertz CT molecular complexity index is 337. The van der Waals surface area contributed by atoms with Crippen molar-refractivity contribution in [1.29, 1.82) is 0 Å². The topological polar surface area (TPSA) is 30.5 Å². The lowest BCUT2D eigenvalue weighted by Crippen LogP contribution is -2.22. The van der Waals surface area contributed by atoms with Crippen LogP contribution in [0.3, 0.4) is 0 Å². The fourth-order valence-electron chi connectivity index (χ4n) is 1.93. The molecule has 0 aromatic heterocycles. The van der Waals surface area contributed by atoms with Crippen LogP contribution in [0.1, 0.15) is 25.5 Å². The number of ether oxygens (including phenoxy) is 2. The molecule has 3 nitrogen and oxygen atoms in total. The summed E-state index contributed by atoms with van der Waals surface area (Å²) < 4.78 is 10.6. The first kappa shape index (κ1) is 12.8. The number of rotatable bonds is 5. The van der Waals surface area contributed by atoms with Gasteiger partial charge in [-0.2, -0.15) is 0 Å². The van der Waals surface area contributed by atoms with Crippen molar-refractivity contribution in [3.05, 3.63) is 23.8 Å². The SMILES string of the molecule is CNC(c1cc(OC)ccc1OC)C(C)C. The molecule has 16 heavy (non-hydrogen) atoms. The summed E-state index contributed by atoms with van der Waals surface area (Å²) in [5, 5.41) is 3.31. The first-order valence-electron chi connectivity index (χ1n) is 5.53. The van der Waals surface area contributed by atoms with E-state index in [9.17, 15) is 0 Å². The zero-order valence-electron chi connectivity index (χ0n) is 10.7. The maximum absolute atomic E-state index is 5.38. The molecule has 0 heterocycles. The smallest absolute Gasteiger partial charge is 0.123 e. The average molecular weight is 223 g/mol. The Morgan fingerprint density at radius 2 is 1.81 bits per heavy atom. The molecule has 0 amide bonds. The largest absolute Gasteiger partial charge is 0.497 e. The van der Waals surface area contributed by atoms with Gasteiger partial charge in [0.15, 0.2) is 0 Å². The monoisotopic (exact) mass is 223 g/mol. The number of nitrogens with one attached hydrogen (secondary N) is 1. The molecule has 1 aromatic rings. The van der Waals surface area contributed by atoms with Gasteiger partial charge in [0.2, 0.25) is 0 Å². The minimum atomic E-state index is 0.269. The van der Waals surface area contributed by atoms with Crippen LogP contribution in [-0.2, 0) is 0 Å². The zero-order chi connectivity index (χ0) is 12.1. The molecule has 0 radical (unpaired) electrons. The van der Waals surface area contributed by atoms with Gasteiger partial charge in [0.05, 0.1) is 14.2 Å². The van der Waals surface area contributed by atoms with Gasteiger partial charge in [0, 0.05) is 11.6 Å². The molecule has 0 bridgehead atoms. The molecule has 0 aliphatic carbocycles. The summed E-state index contributed by atoms with van der Waals surface area (Å²) in [7, 11) is 5.33. The summed E-state index contributed by atoms with van der Waals surface area (Å²) in [6.45, 7) is 4.36. The summed E-state index contributed by atoms with van der Waals surface area (Å²) in [6.07, 6.45) is 0. The van der Waals surface area contributed by atoms with Crippen molar-refractivity contribution in [3.63, 3.8) is 0 Å². The van der Waals surface area contributed by atoms with Crippen molar-refractivity contribution in [2.24, 2.45) is 5.92 Å². The number of benzene rings is 1. The quantitative estimate of drug-likeness (QED) is 0.832. The molecule has 1 atom stereocenters. The van der Waals surface area contributed by atoms with Crippen molar-refractivity contribution in [2.75, 3.05) is 21.3 Å². The van der Waals surface area contributed by atoms with Crippen LogP contribution in [0.5, 0.6) is 11.5 Å². The normalized spacial score (nSPS) is 12.6. The molecule has 0 aliphatic rings. The molecule has 1 aromatic carbocycles. The lowest BCUT2D eigenvalue weighted by Gasteiger charge is -2.23. The molecule has 0 saturated heterocycles. The summed E-state index contributed by atoms with van der Waals surface area (Å²) >= 11 is 0. The van der Waals surface area contributed by atoms with Crippen LogP contribution < -0.4 is 14.8 Å². The van der Waals surface area contributed by atoms with E-state index in [1.807, 2.05) is 25.2 Å². The van der Waals surface area contributed by atoms with Crippen molar-refractivity contribution >= 4 is 0 Å². The van der Waals surface area contributed by atoms with Crippen molar-refractivity contribution in [2.45, 2.75) is 19.9 Å². The van der Waals surface area contributed by atoms with Crippen LogP contribution in [0, 0.1) is 5.92 Å². The minimum Gasteiger partial charge on any atom is -0.497 e. The first-order valence-corrected chi connectivity index (χ1v) is 5.53. The van der Waals surface area contributed by atoms with Crippen LogP contribution in [-0.4, -0.2) is 21.3 Å². The van der Waals surface area contributed by atoms with Gasteiger partial charge in [-0.1, -0.05) is 13.8 Å². The van der Waals surface area contributed by atoms with E-state index in [1.54, 1.807) is 14.2 Å². The fraction of sp³-hybridized carbons (Fsp3) is 0.538. The second-order valence-corrected chi connectivity index (χ2v) is 4.12. The van der Waals surface area contributed by atoms with E-state index >= 15 is 0 Å². The third kappa shape index (κ3) is 2.67. The van der Waals surface area contributed by atoms with Gasteiger partial charge in [-0.05, 0) is 31.2 Å². The van der Waals surface area contributed by atoms with Crippen LogP contribution in [0.15, 0.2) is 18.2 Å². The third-order valence-electron chi connectivity index (χ3n) is 2.75. The highest BCUT2D eigenvalue weighted by Crippen LogP contribution is 2.32. The van der Waals surface area contributed by atoms with E-state index in [2.05, 4.69) is 19.2 Å². The highest BCUT2D eigenvalue weighted by atomic mass is 16.5. The Balaban J connectivity index is 3.15. The molecule has 0 saturated carbocycles. The van der Waals surface area contributed by atoms with Crippen molar-refractivity contribution in [3.8, 4) is 11.5 Å². The third-order valence-corrected chi connectivity index (χ3v) is 2.75. The molecule has 0 spiro atoms. The second-order valence-electron chi connectivity index (χ2n) is 4.12. The predicted molar refractivity (Wildman–Crippen MR) is 66.2 cm³/mol. The Kier molecular flexibility index (Phi) is 4.62. The molecule has 0 aliphatic heterocycles. The fourth-order valence-corrected chi connectivity index (χ4v) is 1.93. The Labute approximate surface area is 97.8 Å². The predicted octanol–water partition coefficient (Wildman–Crippen LogP) is 2.62. The maximum atomic E-state index is 5.38. The molecule has 1 unspecified atom stereocenters. The van der Waals surface area contributed by atoms with Gasteiger partial charge >= 0.3 is 0 Å². The van der Waals surface area contributed by atoms with Gasteiger partial charge in [-0.15, -0.1) is 0 Å². The van der Waals surface area contributed by atoms with E-state index in [4.69, 9.17) is 9.47 Å². The standard InChI is InChI=1S/C13H21NO2/c1-9(2)13(14-3)11-8-10(15-4)6-7-12(11)16-5/h6-9,13-14H,1-5H3. The Morgan fingerprint density at radius 3 is 2.25 bits per heavy atom. The van der Waals surface area contributed by atoms with Crippen LogP contribution >= 0.6 is 0 Å². The highest BCUT2D eigenvalue weighted by Gasteiger charge is 2.18. The van der Waals surface area contributed by atoms with Gasteiger partial charge in [-0.25, -0.2) is 0 Å². The summed E-state index contributed by atoms with van der Waals surface area (Å²) in [5.74, 6) is 2.25. The number of hydrogen-bond donors (Lipinski definition) is 1. The molecule has 1 N–H and O–H groups in total. The van der Waals surface area contributed by atoms with E-state index in [0.29, 0.717) is 5.92 Å². The summed E-state index contributed by atoms with van der Waals surface area (Å²) in [6, 6.07) is 6.15. The van der Waals surface area contributed by atoms with E-state index < -0.39 is 0 Å². The van der Waals surface area contributed by atoms with E-state index in [-0.39, 0.29) is 6.04 Å². The van der Waals surface area contributed by atoms with Gasteiger partial charge in [-0.3, -0.25) is 0 Å². The van der Waals surface area contributed by atoms with E-state index in [1.165, 1.54) is 0 Å². The molecule has 0 fully saturated rings. The van der Waals surface area contributed by atoms with Gasteiger partial charge < -0.3 is 14.8 Å². The molecule has 90 valence electrons. The lowest BCUT2D eigenvalue weighted by atomic mass is 9.95. The van der Waals surface area contributed by atoms with Crippen LogP contribution in [0.4, 0.5) is 0 Å². The zero-order valence-corrected chi connectivity index (χ0v) is 10.7. The average Bonchev–Trinajstić information content (AvgIpc) is 2.29. The number of hydrogen-bond acceptors (Lipinski definition) is 3. The molecule has 1 rings (SSSR count). The lowest BCUT2D eigenvalue weighted by molar-refractivity contribution is 0.374. The number of methoxy groups -OCH3 is 2. The van der Waals surface area contributed by atoms with Crippen LogP contribution in [0.25, 0.3) is 0 Å². The van der Waals surface area contributed by atoms with Crippen molar-refractivity contribution in [1.82, 2.24) is 5.32 Å². The minimum absolute atomic E-state index is 0.269. The molecule has 3 heteroatoms. The second kappa shape index (κ2) is 5.75. The van der Waals surface area contributed by atoms with Gasteiger partial charge in [0.25, 0.3) is 0 Å².